The van der Waals surface area contributed by atoms with Gasteiger partial charge in [0.1, 0.15) is 12.4 Å². The number of hydrogen-bond acceptors (Lipinski definition) is 8. The lowest BCUT2D eigenvalue weighted by atomic mass is 9.46. The fraction of sp³-hybridized carbons (Fsp3) is 0.596. The number of carbonyl (C=O) groups excluding carboxylic acids is 4. The van der Waals surface area contributed by atoms with Crippen LogP contribution in [0.25, 0.3) is 0 Å². The van der Waals surface area contributed by atoms with Crippen molar-refractivity contribution >= 4 is 29.1 Å². The number of carbonyl (C=O) groups is 4. The highest BCUT2D eigenvalue weighted by Gasteiger charge is 2.60. The van der Waals surface area contributed by atoms with Crippen LogP contribution in [0.4, 0.5) is 4.39 Å². The van der Waals surface area contributed by atoms with Crippen molar-refractivity contribution in [2.24, 2.45) is 39.6 Å². The van der Waals surface area contributed by atoms with Crippen molar-refractivity contribution in [2.75, 3.05) is 39.4 Å². The molecule has 2 aromatic rings. The lowest BCUT2D eigenvalue weighted by Gasteiger charge is -2.58. The summed E-state index contributed by atoms with van der Waals surface area (Å²) in [5, 5.41) is 14.6. The van der Waals surface area contributed by atoms with Gasteiger partial charge in [-0.2, -0.15) is 5.10 Å². The zero-order chi connectivity index (χ0) is 40.6. The van der Waals surface area contributed by atoms with E-state index in [1.807, 2.05) is 30.3 Å². The number of hydrazone groups is 1. The first-order valence-corrected chi connectivity index (χ1v) is 21.8. The molecule has 10 nitrogen and oxygen atoms in total. The van der Waals surface area contributed by atoms with Gasteiger partial charge in [0, 0.05) is 69.1 Å². The van der Waals surface area contributed by atoms with E-state index < -0.39 is 18.0 Å². The Labute approximate surface area is 341 Å². The lowest BCUT2D eigenvalue weighted by Crippen LogP contribution is -2.51. The predicted molar refractivity (Wildman–Crippen MR) is 218 cm³/mol. The number of benzene rings is 2. The Hall–Kier alpha value is -4.22. The molecule has 310 valence electrons. The molecule has 2 N–H and O–H groups in total. The van der Waals surface area contributed by atoms with Gasteiger partial charge in [-0.05, 0) is 110 Å². The number of allylic oxidation sites excluding steroid dienone is 1. The van der Waals surface area contributed by atoms with Crippen LogP contribution in [-0.4, -0.2) is 83.4 Å². The molecule has 2 amide bonds. The largest absolute Gasteiger partial charge is 0.374 e. The van der Waals surface area contributed by atoms with Gasteiger partial charge in [0.15, 0.2) is 17.8 Å². The number of aliphatic hydroxyl groups is 1. The summed E-state index contributed by atoms with van der Waals surface area (Å²) in [6.07, 6.45) is 12.3. The van der Waals surface area contributed by atoms with Gasteiger partial charge in [0.2, 0.25) is 5.91 Å². The quantitative estimate of drug-likeness (QED) is 0.223. The number of halogens is 1. The lowest BCUT2D eigenvalue weighted by molar-refractivity contribution is -0.135. The van der Waals surface area contributed by atoms with Crippen LogP contribution in [-0.2, 0) is 25.5 Å². The van der Waals surface area contributed by atoms with Gasteiger partial charge in [-0.3, -0.25) is 24.6 Å². The molecule has 1 saturated heterocycles. The maximum atomic E-state index is 15.0. The second-order valence-electron chi connectivity index (χ2n) is 18.3. The monoisotopic (exact) mass is 794 g/mol. The molecule has 0 aromatic heterocycles. The van der Waals surface area contributed by atoms with Gasteiger partial charge in [-0.1, -0.05) is 56.2 Å². The molecule has 6 aliphatic rings. The number of rotatable bonds is 12. The molecule has 8 rings (SSSR count). The number of Topliss-reactive ketones (excluding diaryl/α,β-unsaturated/α-hetero) is 1. The minimum atomic E-state index is -0.899. The van der Waals surface area contributed by atoms with E-state index in [9.17, 15) is 28.7 Å². The number of nitrogens with zero attached hydrogens (tertiary/aromatic N) is 3. The fourth-order valence-electron chi connectivity index (χ4n) is 11.9. The van der Waals surface area contributed by atoms with Gasteiger partial charge >= 0.3 is 0 Å². The maximum absolute atomic E-state index is 15.0. The maximum Gasteiger partial charge on any atom is 0.256 e. The van der Waals surface area contributed by atoms with E-state index in [0.717, 1.165) is 75.3 Å². The van der Waals surface area contributed by atoms with Crippen LogP contribution in [0, 0.1) is 40.3 Å². The highest BCUT2D eigenvalue weighted by molar-refractivity contribution is 6.04. The van der Waals surface area contributed by atoms with Crippen molar-refractivity contribution in [3.63, 3.8) is 0 Å². The number of ketones is 2. The average molecular weight is 795 g/mol. The van der Waals surface area contributed by atoms with Crippen LogP contribution < -0.4 is 5.43 Å². The van der Waals surface area contributed by atoms with Crippen molar-refractivity contribution < 1.29 is 33.4 Å². The van der Waals surface area contributed by atoms with Crippen molar-refractivity contribution in [2.45, 2.75) is 104 Å². The molecule has 2 heterocycles. The highest BCUT2D eigenvalue weighted by atomic mass is 19.1. The summed E-state index contributed by atoms with van der Waals surface area (Å²) >= 11 is 0. The summed E-state index contributed by atoms with van der Waals surface area (Å²) in [6.45, 7) is 6.92. The summed E-state index contributed by atoms with van der Waals surface area (Å²) in [6, 6.07) is 12.0. The number of nitrogens with one attached hydrogen (secondary N) is 1. The van der Waals surface area contributed by atoms with Crippen molar-refractivity contribution in [3.05, 3.63) is 82.2 Å². The number of piperazine rings is 1. The first kappa shape index (κ1) is 40.6. The van der Waals surface area contributed by atoms with E-state index in [1.54, 1.807) is 21.9 Å². The molecule has 0 bridgehead atoms. The first-order valence-electron chi connectivity index (χ1n) is 21.8. The number of unbranched alkanes of at least 4 members (excludes halogenated alkanes) is 2. The number of fused-ring (bicyclic) bond motifs is 6. The van der Waals surface area contributed by atoms with Crippen molar-refractivity contribution in [1.29, 1.82) is 0 Å². The molecular formula is C47H59FN4O6. The second kappa shape index (κ2) is 16.8. The Morgan fingerprint density at radius 3 is 2.55 bits per heavy atom. The Bertz CT molecular complexity index is 1990. The van der Waals surface area contributed by atoms with Crippen LogP contribution in [0.15, 0.2) is 59.2 Å². The molecule has 4 fully saturated rings. The summed E-state index contributed by atoms with van der Waals surface area (Å²) in [4.78, 5) is 55.6. The minimum absolute atomic E-state index is 0.00240. The standard InChI is InChI=1S/C47H59FN4O6/c1-46-19-17-32(53)28-31(46)12-13-35-37-14-15-39(47(37,2)20-18-38(35)46)42(54)29-58-25-7-3-4-10-43(55)51-21-23-52(24-22-51)45(57)36-26-30(11-16-40(36)48)27-41-33-8-5-6-9-34(33)44(56)50-49-41/h5-6,8-9,11,16,26,28,35,37-39,44,50,56H,3-4,7,10,12-15,17-25,27,29H2,1-2H3/t35-,37-,38-,39+,44?,46-,47-/m0/s1. The zero-order valence-corrected chi connectivity index (χ0v) is 34.1. The third-order valence-corrected chi connectivity index (χ3v) is 15.2. The van der Waals surface area contributed by atoms with Crippen LogP contribution in [0.3, 0.4) is 0 Å². The molecule has 2 aliphatic heterocycles. The molecule has 0 spiro atoms. The summed E-state index contributed by atoms with van der Waals surface area (Å²) in [7, 11) is 0. The fourth-order valence-corrected chi connectivity index (χ4v) is 11.9. The van der Waals surface area contributed by atoms with E-state index in [4.69, 9.17) is 4.74 Å². The predicted octanol–water partition coefficient (Wildman–Crippen LogP) is 6.95. The number of amides is 2. The van der Waals surface area contributed by atoms with Gasteiger partial charge < -0.3 is 19.6 Å². The number of aliphatic hydroxyl groups excluding tert-OH is 1. The van der Waals surface area contributed by atoms with Gasteiger partial charge in [0.05, 0.1) is 11.3 Å². The molecule has 4 aliphatic carbocycles. The van der Waals surface area contributed by atoms with E-state index >= 15 is 0 Å². The van der Waals surface area contributed by atoms with E-state index in [-0.39, 0.29) is 40.6 Å². The summed E-state index contributed by atoms with van der Waals surface area (Å²) < 4.78 is 20.9. The Kier molecular flexibility index (Phi) is 11.7. The van der Waals surface area contributed by atoms with Gasteiger partial charge in [-0.25, -0.2) is 4.39 Å². The van der Waals surface area contributed by atoms with Crippen molar-refractivity contribution in [3.8, 4) is 0 Å². The minimum Gasteiger partial charge on any atom is -0.374 e. The smallest absolute Gasteiger partial charge is 0.256 e. The van der Waals surface area contributed by atoms with Crippen LogP contribution in [0.5, 0.6) is 0 Å². The molecule has 0 radical (unpaired) electrons. The molecule has 1 unspecified atom stereocenters. The van der Waals surface area contributed by atoms with Gasteiger partial charge in [-0.15, -0.1) is 0 Å². The molecular weight excluding hydrogens is 736 g/mol. The molecule has 58 heavy (non-hydrogen) atoms. The SMILES string of the molecule is C[C@]12CC[C@H]3[C@@H](CCC4=CC(=O)CC[C@@]43C)[C@@H]1CC[C@@H]2C(=O)COCCCCCC(=O)N1CCN(C(=O)c2cc(CC3=NNC(O)c4ccccc43)ccc2F)CC1. The highest BCUT2D eigenvalue weighted by Crippen LogP contribution is 2.66. The summed E-state index contributed by atoms with van der Waals surface area (Å²) in [5.41, 5.74) is 7.22. The van der Waals surface area contributed by atoms with Crippen LogP contribution in [0.2, 0.25) is 0 Å². The topological polar surface area (TPSA) is 129 Å². The molecule has 2 aromatic carbocycles. The first-order chi connectivity index (χ1) is 28.0. The second-order valence-corrected chi connectivity index (χ2v) is 18.3. The van der Waals surface area contributed by atoms with E-state index in [0.29, 0.717) is 86.9 Å². The van der Waals surface area contributed by atoms with Gasteiger partial charge in [0.25, 0.3) is 5.91 Å². The third kappa shape index (κ3) is 7.81. The summed E-state index contributed by atoms with van der Waals surface area (Å²) in [5.74, 6) is 1.50. The van der Waals surface area contributed by atoms with Crippen LogP contribution >= 0.6 is 0 Å². The third-order valence-electron chi connectivity index (χ3n) is 15.2. The Balaban J connectivity index is 0.733. The van der Waals surface area contributed by atoms with E-state index in [1.165, 1.54) is 11.6 Å². The molecule has 11 heteroatoms. The molecule has 3 saturated carbocycles. The number of hydrogen-bond donors (Lipinski definition) is 2. The number of ether oxygens (including phenoxy) is 1. The Morgan fingerprint density at radius 2 is 1.72 bits per heavy atom. The van der Waals surface area contributed by atoms with E-state index in [2.05, 4.69) is 24.4 Å². The zero-order valence-electron chi connectivity index (χ0n) is 34.1. The normalized spacial score (nSPS) is 30.3. The Morgan fingerprint density at radius 1 is 0.931 bits per heavy atom. The molecule has 7 atom stereocenters. The average Bonchev–Trinajstić information content (AvgIpc) is 3.59. The van der Waals surface area contributed by atoms with Crippen molar-refractivity contribution in [1.82, 2.24) is 15.2 Å². The van der Waals surface area contributed by atoms with Crippen LogP contribution in [0.1, 0.15) is 124 Å².